The fourth-order valence-corrected chi connectivity index (χ4v) is 6.54. The first-order valence-corrected chi connectivity index (χ1v) is 18.3. The molecule has 3 aliphatic rings. The van der Waals surface area contributed by atoms with E-state index in [0.29, 0.717) is 17.5 Å². The Bertz CT molecular complexity index is 1850. The van der Waals surface area contributed by atoms with Crippen LogP contribution in [0, 0.1) is 13.8 Å². The molecule has 0 aromatic carbocycles. The number of hydrogen-bond donors (Lipinski definition) is 1. The topological polar surface area (TPSA) is 108 Å². The van der Waals surface area contributed by atoms with Crippen LogP contribution in [0.15, 0.2) is 24.8 Å². The van der Waals surface area contributed by atoms with Crippen molar-refractivity contribution in [3.63, 3.8) is 0 Å². The number of carboxylic acid groups (broad SMARTS) is 1. The molecule has 0 saturated carbocycles. The van der Waals surface area contributed by atoms with Gasteiger partial charge in [0.25, 0.3) is 0 Å². The van der Waals surface area contributed by atoms with Crippen LogP contribution in [0.3, 0.4) is 0 Å². The van der Waals surface area contributed by atoms with Crippen molar-refractivity contribution >= 4 is 82.8 Å². The third-order valence-corrected chi connectivity index (χ3v) is 8.86. The molecule has 1 N–H and O–H groups in total. The second kappa shape index (κ2) is 11.9. The van der Waals surface area contributed by atoms with E-state index < -0.39 is 5.97 Å². The van der Waals surface area contributed by atoms with Gasteiger partial charge in [-0.05, 0) is 55.9 Å². The molecule has 214 valence electrons. The van der Waals surface area contributed by atoms with Gasteiger partial charge in [-0.15, -0.1) is 22.1 Å². The van der Waals surface area contributed by atoms with E-state index in [0.717, 1.165) is 102 Å². The predicted octanol–water partition coefficient (Wildman–Crippen LogP) is 6.97. The maximum atomic E-state index is 13.3. The number of carbonyl (C=O) groups excluding carboxylic acids is 1. The number of aliphatic carboxylic acids is 1. The molecule has 0 amide bonds. The zero-order valence-corrected chi connectivity index (χ0v) is 28.6. The summed E-state index contributed by atoms with van der Waals surface area (Å²) in [5.74, 6) is -0.986. The summed E-state index contributed by atoms with van der Waals surface area (Å²) >= 11 is 0.822. The monoisotopic (exact) mass is 682 g/mol. The van der Waals surface area contributed by atoms with Crippen LogP contribution in [-0.4, -0.2) is 50.0 Å². The molecule has 3 aromatic rings. The van der Waals surface area contributed by atoms with Gasteiger partial charge in [-0.25, -0.2) is 4.98 Å². The van der Waals surface area contributed by atoms with E-state index >= 15 is 0 Å². The summed E-state index contributed by atoms with van der Waals surface area (Å²) < 4.78 is 0. The SMILES string of the molecule is C=Cc1c(C)c2cc3nc(c4c5[n-]c(cc6nc(cc1[n-]2)C(C)=C6CC)c(C)c5C(=O)C4)[C@@H](CCC(=O)O)[C@@H]3C.[Cl][In]. The van der Waals surface area contributed by atoms with Crippen molar-refractivity contribution in [2.75, 3.05) is 0 Å². The fraction of sp³-hybridized carbons (Fsp3) is 0.333. The van der Waals surface area contributed by atoms with E-state index in [4.69, 9.17) is 28.5 Å². The third-order valence-electron chi connectivity index (χ3n) is 8.86. The number of aromatic nitrogens is 4. The number of carbonyl (C=O) groups is 2. The molecular weight excluding hydrogens is 651 g/mol. The normalized spacial score (nSPS) is 17.3. The van der Waals surface area contributed by atoms with E-state index in [2.05, 4.69) is 27.4 Å². The van der Waals surface area contributed by atoms with Gasteiger partial charge in [0.15, 0.2) is 5.78 Å². The summed E-state index contributed by atoms with van der Waals surface area (Å²) in [6.45, 7) is 14.3. The number of hydrogen-bond acceptors (Lipinski definition) is 4. The Hall–Kier alpha value is -3.10. The first-order chi connectivity index (χ1) is 20.1. The van der Waals surface area contributed by atoms with E-state index in [9.17, 15) is 14.7 Å². The molecule has 2 aliphatic heterocycles. The first-order valence-electron chi connectivity index (χ1n) is 14.1. The second-order valence-electron chi connectivity index (χ2n) is 11.1. The van der Waals surface area contributed by atoms with Gasteiger partial charge < -0.3 is 15.1 Å². The number of carboxylic acids is 1. The van der Waals surface area contributed by atoms with Crippen LogP contribution in [0.1, 0.15) is 107 Å². The minimum atomic E-state index is -0.845. The van der Waals surface area contributed by atoms with Crippen molar-refractivity contribution < 1.29 is 14.7 Å². The number of ketones is 1. The molecule has 6 rings (SSSR count). The van der Waals surface area contributed by atoms with Crippen LogP contribution in [0.4, 0.5) is 0 Å². The maximum absolute atomic E-state index is 13.3. The zero-order chi connectivity index (χ0) is 30.5. The van der Waals surface area contributed by atoms with Crippen molar-refractivity contribution in [3.8, 4) is 0 Å². The standard InChI is InChI=1S/C33H34N4O3.ClH.In/c1-7-19-15(3)23-12-25-17(5)21(9-10-30(39)40)32(36-25)22-11-29(38)31-18(6)26(37-33(22)31)14-28-20(8-2)16(4)24(35-28)13-27(19)34-23;;/h7,12-14,17,21H,1,8-11H2,2-6H3,(H3,34,35,36,37,38,39,40);1H;/q;;+1/p-3/t17-,21-;;/m0../s1. The van der Waals surface area contributed by atoms with Gasteiger partial charge in [-0.3, -0.25) is 14.6 Å². The van der Waals surface area contributed by atoms with Gasteiger partial charge >= 0.3 is 37.7 Å². The molecule has 0 saturated heterocycles. The average molecular weight is 683 g/mol. The van der Waals surface area contributed by atoms with Crippen molar-refractivity contribution in [3.05, 3.63) is 75.4 Å². The van der Waals surface area contributed by atoms with E-state index in [-0.39, 0.29) is 30.5 Å². The number of rotatable bonds is 5. The minimum absolute atomic E-state index is 0.0270. The predicted molar refractivity (Wildman–Crippen MR) is 169 cm³/mol. The molecule has 2 radical (unpaired) electrons. The molecule has 0 spiro atoms. The zero-order valence-electron chi connectivity index (χ0n) is 24.5. The molecule has 0 fully saturated rings. The second-order valence-corrected chi connectivity index (χ2v) is 11.1. The molecule has 8 bridgehead atoms. The fourth-order valence-electron chi connectivity index (χ4n) is 6.54. The van der Waals surface area contributed by atoms with Gasteiger partial charge in [0, 0.05) is 41.6 Å². The Morgan fingerprint density at radius 3 is 2.45 bits per heavy atom. The van der Waals surface area contributed by atoms with Crippen molar-refractivity contribution in [1.82, 2.24) is 19.9 Å². The van der Waals surface area contributed by atoms with Crippen molar-refractivity contribution in [2.45, 2.75) is 72.1 Å². The molecular formula is C33H32ClInN4O3-2. The van der Waals surface area contributed by atoms with Gasteiger partial charge in [0.2, 0.25) is 0 Å². The van der Waals surface area contributed by atoms with Crippen LogP contribution < -0.4 is 9.97 Å². The first kappa shape index (κ1) is 30.4. The van der Waals surface area contributed by atoms with Gasteiger partial charge in [-0.1, -0.05) is 55.8 Å². The molecule has 9 heteroatoms. The van der Waals surface area contributed by atoms with Gasteiger partial charge in [0.1, 0.15) is 0 Å². The quantitative estimate of drug-likeness (QED) is 0.310. The Balaban J connectivity index is 0.00000173. The van der Waals surface area contributed by atoms with E-state index in [1.54, 1.807) is 0 Å². The molecule has 1 aliphatic carbocycles. The van der Waals surface area contributed by atoms with Crippen LogP contribution in [0.25, 0.3) is 39.3 Å². The number of Topliss-reactive ketones (excluding diaryl/α,β-unsaturated/α-hetero) is 1. The summed E-state index contributed by atoms with van der Waals surface area (Å²) in [4.78, 5) is 45.0. The average Bonchev–Trinajstić information content (AvgIpc) is 3.71. The van der Waals surface area contributed by atoms with Gasteiger partial charge in [-0.2, -0.15) is 0 Å². The van der Waals surface area contributed by atoms with Gasteiger partial charge in [0.05, 0.1) is 11.4 Å². The molecule has 3 aromatic heterocycles. The summed E-state index contributed by atoms with van der Waals surface area (Å²) in [5, 5.41) is 9.48. The molecule has 5 heterocycles. The van der Waals surface area contributed by atoms with Crippen molar-refractivity contribution in [2.24, 2.45) is 0 Å². The Morgan fingerprint density at radius 1 is 1.10 bits per heavy atom. The number of halogens is 1. The number of nitrogens with zero attached hydrogens (tertiary/aromatic N) is 4. The third kappa shape index (κ3) is 4.96. The summed E-state index contributed by atoms with van der Waals surface area (Å²) in [6.07, 6.45) is 3.33. The van der Waals surface area contributed by atoms with Crippen molar-refractivity contribution in [1.29, 1.82) is 0 Å². The summed E-state index contributed by atoms with van der Waals surface area (Å²) in [6, 6.07) is 6.02. The molecule has 2 atom stereocenters. The Labute approximate surface area is 263 Å². The summed E-state index contributed by atoms with van der Waals surface area (Å²) in [5.41, 5.74) is 12.9. The number of fused-ring (bicyclic) bond motifs is 8. The number of aryl methyl sites for hydroxylation is 2. The van der Waals surface area contributed by atoms with Crippen LogP contribution in [0.5, 0.6) is 0 Å². The molecule has 7 nitrogen and oxygen atoms in total. The van der Waals surface area contributed by atoms with E-state index in [1.807, 2.05) is 38.1 Å². The Kier molecular flexibility index (Phi) is 8.59. The Morgan fingerprint density at radius 2 is 1.79 bits per heavy atom. The van der Waals surface area contributed by atoms with Crippen LogP contribution in [0.2, 0.25) is 0 Å². The number of allylic oxidation sites excluding steroid dienone is 2. The van der Waals surface area contributed by atoms with Crippen LogP contribution >= 0.6 is 8.58 Å². The molecule has 0 unspecified atom stereocenters. The molecule has 42 heavy (non-hydrogen) atoms. The van der Waals surface area contributed by atoms with Crippen LogP contribution in [-0.2, 0) is 11.2 Å². The summed E-state index contributed by atoms with van der Waals surface area (Å²) in [7, 11) is 4.77. The van der Waals surface area contributed by atoms with E-state index in [1.165, 1.54) is 0 Å².